The predicted octanol–water partition coefficient (Wildman–Crippen LogP) is 3.14. The van der Waals surface area contributed by atoms with Crippen LogP contribution in [-0.2, 0) is 6.42 Å². The molecular weight excluding hydrogens is 222 g/mol. The first kappa shape index (κ1) is 13.3. The van der Waals surface area contributed by atoms with Gasteiger partial charge in [0, 0.05) is 5.02 Å². The second kappa shape index (κ2) is 6.77. The van der Waals surface area contributed by atoms with Crippen LogP contribution in [0.3, 0.4) is 0 Å². The van der Waals surface area contributed by atoms with Gasteiger partial charge in [-0.25, -0.2) is 0 Å². The highest BCUT2D eigenvalue weighted by molar-refractivity contribution is 6.30. The molecule has 0 aliphatic heterocycles. The van der Waals surface area contributed by atoms with Crippen molar-refractivity contribution in [3.8, 4) is 5.75 Å². The van der Waals surface area contributed by atoms with Gasteiger partial charge in [0.05, 0.1) is 7.11 Å². The molecule has 16 heavy (non-hydrogen) atoms. The summed E-state index contributed by atoms with van der Waals surface area (Å²) in [4.78, 5) is 0. The fraction of sp³-hybridized carbons (Fsp3) is 0.538. The van der Waals surface area contributed by atoms with Gasteiger partial charge in [-0.1, -0.05) is 18.5 Å². The molecule has 0 saturated carbocycles. The van der Waals surface area contributed by atoms with Crippen LogP contribution >= 0.6 is 11.6 Å². The number of hydrogen-bond acceptors (Lipinski definition) is 2. The number of aryl methyl sites for hydroxylation is 1. The number of methoxy groups -OCH3 is 1. The van der Waals surface area contributed by atoms with Crippen LogP contribution in [0.2, 0.25) is 5.02 Å². The molecule has 0 heterocycles. The van der Waals surface area contributed by atoms with Gasteiger partial charge in [-0.05, 0) is 56.1 Å². The Morgan fingerprint density at radius 3 is 2.81 bits per heavy atom. The minimum absolute atomic E-state index is 0.661. The summed E-state index contributed by atoms with van der Waals surface area (Å²) in [6.45, 7) is 3.29. The van der Waals surface area contributed by atoms with Gasteiger partial charge in [0.25, 0.3) is 0 Å². The lowest BCUT2D eigenvalue weighted by Crippen LogP contribution is -2.16. The molecule has 0 radical (unpaired) electrons. The van der Waals surface area contributed by atoms with E-state index >= 15 is 0 Å². The lowest BCUT2D eigenvalue weighted by Gasteiger charge is -2.13. The fourth-order valence-corrected chi connectivity index (χ4v) is 1.99. The van der Waals surface area contributed by atoms with E-state index in [0.717, 1.165) is 30.2 Å². The molecule has 0 aromatic heterocycles. The molecule has 0 bridgehead atoms. The Morgan fingerprint density at radius 1 is 1.44 bits per heavy atom. The van der Waals surface area contributed by atoms with Crippen molar-refractivity contribution < 1.29 is 4.74 Å². The summed E-state index contributed by atoms with van der Waals surface area (Å²) in [5.41, 5.74) is 1.19. The first-order valence-electron chi connectivity index (χ1n) is 5.64. The van der Waals surface area contributed by atoms with Crippen molar-refractivity contribution >= 4 is 11.6 Å². The van der Waals surface area contributed by atoms with E-state index in [4.69, 9.17) is 16.3 Å². The average molecular weight is 242 g/mol. The molecule has 0 aliphatic carbocycles. The van der Waals surface area contributed by atoms with E-state index in [0.29, 0.717) is 5.92 Å². The van der Waals surface area contributed by atoms with Crippen LogP contribution in [0.5, 0.6) is 5.75 Å². The number of nitrogens with one attached hydrogen (secondary N) is 1. The van der Waals surface area contributed by atoms with Crippen LogP contribution in [0.4, 0.5) is 0 Å². The maximum atomic E-state index is 5.98. The van der Waals surface area contributed by atoms with Gasteiger partial charge in [-0.2, -0.15) is 0 Å². The topological polar surface area (TPSA) is 21.3 Å². The summed E-state index contributed by atoms with van der Waals surface area (Å²) < 4.78 is 5.32. The monoisotopic (exact) mass is 241 g/mol. The van der Waals surface area contributed by atoms with Gasteiger partial charge in [-0.3, -0.25) is 0 Å². The molecule has 0 saturated heterocycles. The van der Waals surface area contributed by atoms with E-state index < -0.39 is 0 Å². The van der Waals surface area contributed by atoms with Gasteiger partial charge in [0.1, 0.15) is 5.75 Å². The Morgan fingerprint density at radius 2 is 2.19 bits per heavy atom. The van der Waals surface area contributed by atoms with E-state index in [9.17, 15) is 0 Å². The van der Waals surface area contributed by atoms with Crippen LogP contribution in [0, 0.1) is 5.92 Å². The summed E-state index contributed by atoms with van der Waals surface area (Å²) in [6, 6.07) is 5.79. The van der Waals surface area contributed by atoms with E-state index in [1.54, 1.807) is 7.11 Å². The first-order valence-corrected chi connectivity index (χ1v) is 6.02. The van der Waals surface area contributed by atoms with Gasteiger partial charge in [0.15, 0.2) is 0 Å². The molecule has 1 aromatic rings. The Kier molecular flexibility index (Phi) is 5.64. The molecule has 1 unspecified atom stereocenters. The number of ether oxygens (including phenoxy) is 1. The normalized spacial score (nSPS) is 12.5. The van der Waals surface area contributed by atoms with Gasteiger partial charge < -0.3 is 10.1 Å². The Labute approximate surface area is 103 Å². The third kappa shape index (κ3) is 4.03. The first-order chi connectivity index (χ1) is 7.67. The third-order valence-electron chi connectivity index (χ3n) is 2.70. The minimum atomic E-state index is 0.661. The zero-order chi connectivity index (χ0) is 12.0. The minimum Gasteiger partial charge on any atom is -0.496 e. The van der Waals surface area contributed by atoms with Crippen LogP contribution in [0.1, 0.15) is 18.9 Å². The standard InChI is InChI=1S/C13H20ClNO/c1-10(9-15-2)4-5-11-8-12(14)6-7-13(11)16-3/h6-8,10,15H,4-5,9H2,1-3H3. The lowest BCUT2D eigenvalue weighted by atomic mass is 10.0. The maximum absolute atomic E-state index is 5.98. The van der Waals surface area contributed by atoms with E-state index in [1.807, 2.05) is 25.2 Å². The smallest absolute Gasteiger partial charge is 0.122 e. The molecule has 0 aliphatic rings. The highest BCUT2D eigenvalue weighted by atomic mass is 35.5. The Balaban J connectivity index is 2.61. The Bertz CT molecular complexity index is 328. The van der Waals surface area contributed by atoms with Crippen molar-refractivity contribution in [3.05, 3.63) is 28.8 Å². The van der Waals surface area contributed by atoms with E-state index in [1.165, 1.54) is 5.56 Å². The van der Waals surface area contributed by atoms with Crippen molar-refractivity contribution in [3.63, 3.8) is 0 Å². The van der Waals surface area contributed by atoms with Crippen molar-refractivity contribution in [2.24, 2.45) is 5.92 Å². The third-order valence-corrected chi connectivity index (χ3v) is 2.94. The van der Waals surface area contributed by atoms with Crippen molar-refractivity contribution in [2.75, 3.05) is 20.7 Å². The predicted molar refractivity (Wildman–Crippen MR) is 69.4 cm³/mol. The molecule has 0 amide bonds. The molecular formula is C13H20ClNO. The average Bonchev–Trinajstić information content (AvgIpc) is 2.27. The maximum Gasteiger partial charge on any atom is 0.122 e. The van der Waals surface area contributed by atoms with Crippen LogP contribution in [0.25, 0.3) is 0 Å². The molecule has 0 spiro atoms. The van der Waals surface area contributed by atoms with Crippen LogP contribution in [0.15, 0.2) is 18.2 Å². The fourth-order valence-electron chi connectivity index (χ4n) is 1.79. The van der Waals surface area contributed by atoms with Gasteiger partial charge in [0.2, 0.25) is 0 Å². The number of hydrogen-bond donors (Lipinski definition) is 1. The summed E-state index contributed by atoms with van der Waals surface area (Å²) >= 11 is 5.98. The van der Waals surface area contributed by atoms with Crippen LogP contribution < -0.4 is 10.1 Å². The molecule has 1 N–H and O–H groups in total. The van der Waals surface area contributed by atoms with Gasteiger partial charge >= 0.3 is 0 Å². The second-order valence-corrected chi connectivity index (χ2v) is 4.59. The molecule has 1 aromatic carbocycles. The summed E-state index contributed by atoms with van der Waals surface area (Å²) in [7, 11) is 3.68. The Hall–Kier alpha value is -0.730. The SMILES string of the molecule is CNCC(C)CCc1cc(Cl)ccc1OC. The molecule has 1 atom stereocenters. The molecule has 2 nitrogen and oxygen atoms in total. The largest absolute Gasteiger partial charge is 0.496 e. The lowest BCUT2D eigenvalue weighted by molar-refractivity contribution is 0.406. The molecule has 0 fully saturated rings. The number of benzene rings is 1. The molecule has 3 heteroatoms. The highest BCUT2D eigenvalue weighted by Gasteiger charge is 2.06. The molecule has 1 rings (SSSR count). The summed E-state index contributed by atoms with van der Waals surface area (Å²) in [5.74, 6) is 1.59. The van der Waals surface area contributed by atoms with Crippen LogP contribution in [-0.4, -0.2) is 20.7 Å². The number of rotatable bonds is 6. The summed E-state index contributed by atoms with van der Waals surface area (Å²) in [6.07, 6.45) is 2.14. The quantitative estimate of drug-likeness (QED) is 0.826. The van der Waals surface area contributed by atoms with E-state index in [2.05, 4.69) is 12.2 Å². The highest BCUT2D eigenvalue weighted by Crippen LogP contribution is 2.24. The molecule has 90 valence electrons. The van der Waals surface area contributed by atoms with Crippen molar-refractivity contribution in [2.45, 2.75) is 19.8 Å². The van der Waals surface area contributed by atoms with Crippen molar-refractivity contribution in [1.29, 1.82) is 0 Å². The number of halogens is 1. The second-order valence-electron chi connectivity index (χ2n) is 4.16. The van der Waals surface area contributed by atoms with E-state index in [-0.39, 0.29) is 0 Å². The summed E-state index contributed by atoms with van der Waals surface area (Å²) in [5, 5.41) is 3.96. The van der Waals surface area contributed by atoms with Crippen molar-refractivity contribution in [1.82, 2.24) is 5.32 Å². The zero-order valence-electron chi connectivity index (χ0n) is 10.2. The van der Waals surface area contributed by atoms with Gasteiger partial charge in [-0.15, -0.1) is 0 Å². The zero-order valence-corrected chi connectivity index (χ0v) is 11.0.